The maximum atomic E-state index is 10.8. The molecule has 2 nitrogen and oxygen atoms in total. The third-order valence-corrected chi connectivity index (χ3v) is 3.98. The first kappa shape index (κ1) is 15.2. The van der Waals surface area contributed by atoms with E-state index >= 15 is 0 Å². The Labute approximate surface area is 122 Å². The molecule has 0 radical (unpaired) electrons. The molecular formula is C18H26O2. The smallest absolute Gasteiger partial charge is 0.129 e. The Bertz CT molecular complexity index is 399. The Morgan fingerprint density at radius 3 is 2.35 bits per heavy atom. The molecule has 1 aliphatic rings. The van der Waals surface area contributed by atoms with Crippen molar-refractivity contribution in [1.82, 2.24) is 0 Å². The van der Waals surface area contributed by atoms with Crippen LogP contribution in [0.2, 0.25) is 0 Å². The molecule has 1 heterocycles. The van der Waals surface area contributed by atoms with Crippen molar-refractivity contribution >= 4 is 5.78 Å². The van der Waals surface area contributed by atoms with Gasteiger partial charge in [0.05, 0.1) is 6.10 Å². The maximum absolute atomic E-state index is 10.8. The van der Waals surface area contributed by atoms with Crippen molar-refractivity contribution < 1.29 is 9.53 Å². The quantitative estimate of drug-likeness (QED) is 0.451. The van der Waals surface area contributed by atoms with E-state index in [4.69, 9.17) is 4.74 Å². The van der Waals surface area contributed by atoms with Crippen LogP contribution in [-0.4, -0.2) is 11.9 Å². The summed E-state index contributed by atoms with van der Waals surface area (Å²) in [6.07, 6.45) is 10.1. The van der Waals surface area contributed by atoms with Crippen LogP contribution >= 0.6 is 0 Å². The van der Waals surface area contributed by atoms with E-state index in [1.165, 1.54) is 44.1 Å². The average Bonchev–Trinajstić information content (AvgIpc) is 3.22. The second kappa shape index (κ2) is 8.21. The number of rotatable bonds is 10. The fourth-order valence-electron chi connectivity index (χ4n) is 2.72. The first-order valence-corrected chi connectivity index (χ1v) is 7.97. The molecule has 0 aromatic heterocycles. The lowest BCUT2D eigenvalue weighted by Gasteiger charge is -2.00. The summed E-state index contributed by atoms with van der Waals surface area (Å²) < 4.78 is 5.74. The number of unbranched alkanes of at least 4 members (excludes halogenated alkanes) is 5. The molecular weight excluding hydrogens is 248 g/mol. The zero-order valence-electron chi connectivity index (χ0n) is 12.5. The van der Waals surface area contributed by atoms with Crippen molar-refractivity contribution in [2.75, 3.05) is 0 Å². The van der Waals surface area contributed by atoms with Gasteiger partial charge in [-0.2, -0.15) is 0 Å². The summed E-state index contributed by atoms with van der Waals surface area (Å²) in [6, 6.07) is 10.5. The first-order valence-electron chi connectivity index (χ1n) is 7.97. The molecule has 0 bridgehead atoms. The number of carbonyl (C=O) groups excluding carboxylic acids is 1. The Morgan fingerprint density at radius 2 is 1.65 bits per heavy atom. The molecule has 110 valence electrons. The summed E-state index contributed by atoms with van der Waals surface area (Å²) in [6.45, 7) is 1.68. The lowest BCUT2D eigenvalue weighted by molar-refractivity contribution is -0.117. The average molecular weight is 274 g/mol. The standard InChI is InChI=1S/C18H26O2/c1-15(19)11-7-4-2-3-5-10-14-17-18(20-17)16-12-8-6-9-13-16/h6,8-9,12-13,17-18H,2-5,7,10-11,14H2,1H3. The molecule has 2 atom stereocenters. The van der Waals surface area contributed by atoms with Gasteiger partial charge in [-0.15, -0.1) is 0 Å². The number of hydrogen-bond acceptors (Lipinski definition) is 2. The molecule has 1 saturated heterocycles. The van der Waals surface area contributed by atoms with Gasteiger partial charge in [0.15, 0.2) is 0 Å². The predicted octanol–water partition coefficient (Wildman–Crippen LogP) is 4.84. The van der Waals surface area contributed by atoms with Crippen LogP contribution in [0.5, 0.6) is 0 Å². The van der Waals surface area contributed by atoms with Crippen LogP contribution in [0.3, 0.4) is 0 Å². The Hall–Kier alpha value is -1.15. The normalized spacial score (nSPS) is 20.9. The molecule has 2 rings (SSSR count). The van der Waals surface area contributed by atoms with E-state index in [1.807, 2.05) is 6.07 Å². The van der Waals surface area contributed by atoms with Crippen LogP contribution < -0.4 is 0 Å². The predicted molar refractivity (Wildman–Crippen MR) is 81.7 cm³/mol. The molecule has 1 aliphatic heterocycles. The zero-order chi connectivity index (χ0) is 14.2. The number of hydrogen-bond donors (Lipinski definition) is 0. The number of ketones is 1. The van der Waals surface area contributed by atoms with Crippen molar-refractivity contribution in [3.05, 3.63) is 35.9 Å². The van der Waals surface area contributed by atoms with Crippen molar-refractivity contribution in [2.24, 2.45) is 0 Å². The molecule has 0 spiro atoms. The fourth-order valence-corrected chi connectivity index (χ4v) is 2.72. The molecule has 0 amide bonds. The van der Waals surface area contributed by atoms with Crippen molar-refractivity contribution in [1.29, 1.82) is 0 Å². The molecule has 0 saturated carbocycles. The van der Waals surface area contributed by atoms with Gasteiger partial charge in [-0.25, -0.2) is 0 Å². The van der Waals surface area contributed by atoms with Crippen LogP contribution in [0.15, 0.2) is 30.3 Å². The number of epoxide rings is 1. The fraction of sp³-hybridized carbons (Fsp3) is 0.611. The first-order chi connectivity index (χ1) is 9.77. The summed E-state index contributed by atoms with van der Waals surface area (Å²) in [4.78, 5) is 10.8. The summed E-state index contributed by atoms with van der Waals surface area (Å²) in [5.41, 5.74) is 1.32. The van der Waals surface area contributed by atoms with Crippen LogP contribution in [0.25, 0.3) is 0 Å². The molecule has 20 heavy (non-hydrogen) atoms. The van der Waals surface area contributed by atoms with Crippen LogP contribution in [0.1, 0.15) is 70.0 Å². The van der Waals surface area contributed by atoms with Crippen LogP contribution in [-0.2, 0) is 9.53 Å². The molecule has 1 aromatic carbocycles. The van der Waals surface area contributed by atoms with E-state index in [-0.39, 0.29) is 0 Å². The minimum absolute atomic E-state index is 0.322. The SMILES string of the molecule is CC(=O)CCCCCCCCC1OC1c1ccccc1. The number of ether oxygens (including phenoxy) is 1. The summed E-state index contributed by atoms with van der Waals surface area (Å²) >= 11 is 0. The topological polar surface area (TPSA) is 29.6 Å². The highest BCUT2D eigenvalue weighted by atomic mass is 16.6. The van der Waals surface area contributed by atoms with Gasteiger partial charge >= 0.3 is 0 Å². The highest BCUT2D eigenvalue weighted by Gasteiger charge is 2.38. The third-order valence-electron chi connectivity index (χ3n) is 3.98. The van der Waals surface area contributed by atoms with Gasteiger partial charge in [0.25, 0.3) is 0 Å². The van der Waals surface area contributed by atoms with Gasteiger partial charge in [-0.3, -0.25) is 0 Å². The zero-order valence-corrected chi connectivity index (χ0v) is 12.5. The molecule has 2 heteroatoms. The minimum Gasteiger partial charge on any atom is -0.365 e. The molecule has 1 aromatic rings. The maximum Gasteiger partial charge on any atom is 0.129 e. The lowest BCUT2D eigenvalue weighted by atomic mass is 10.0. The molecule has 1 fully saturated rings. The van der Waals surface area contributed by atoms with Crippen LogP contribution in [0, 0.1) is 0 Å². The second-order valence-corrected chi connectivity index (χ2v) is 5.87. The van der Waals surface area contributed by atoms with E-state index in [0.29, 0.717) is 18.0 Å². The summed E-state index contributed by atoms with van der Waals surface area (Å²) in [7, 11) is 0. The largest absolute Gasteiger partial charge is 0.365 e. The monoisotopic (exact) mass is 274 g/mol. The highest BCUT2D eigenvalue weighted by Crippen LogP contribution is 2.41. The number of Topliss-reactive ketones (excluding diaryl/α,β-unsaturated/α-hetero) is 1. The number of benzene rings is 1. The third kappa shape index (κ3) is 5.46. The van der Waals surface area contributed by atoms with E-state index in [1.54, 1.807) is 6.92 Å². The highest BCUT2D eigenvalue weighted by molar-refractivity contribution is 5.75. The molecule has 0 aliphatic carbocycles. The van der Waals surface area contributed by atoms with Crippen LogP contribution in [0.4, 0.5) is 0 Å². The Morgan fingerprint density at radius 1 is 1.00 bits per heavy atom. The van der Waals surface area contributed by atoms with Gasteiger partial charge in [-0.1, -0.05) is 62.4 Å². The van der Waals surface area contributed by atoms with Gasteiger partial charge in [0.2, 0.25) is 0 Å². The second-order valence-electron chi connectivity index (χ2n) is 5.87. The van der Waals surface area contributed by atoms with E-state index in [0.717, 1.165) is 12.8 Å². The summed E-state index contributed by atoms with van der Waals surface area (Å²) in [5.74, 6) is 0.322. The van der Waals surface area contributed by atoms with Gasteiger partial charge in [0, 0.05) is 6.42 Å². The lowest BCUT2D eigenvalue weighted by Crippen LogP contribution is -1.91. The van der Waals surface area contributed by atoms with E-state index < -0.39 is 0 Å². The van der Waals surface area contributed by atoms with Crippen molar-refractivity contribution in [2.45, 2.75) is 70.5 Å². The van der Waals surface area contributed by atoms with Crippen molar-refractivity contribution in [3.8, 4) is 0 Å². The van der Waals surface area contributed by atoms with E-state index in [2.05, 4.69) is 24.3 Å². The number of carbonyl (C=O) groups is 1. The van der Waals surface area contributed by atoms with Gasteiger partial charge in [-0.05, 0) is 25.3 Å². The molecule has 0 N–H and O–H groups in total. The van der Waals surface area contributed by atoms with Crippen molar-refractivity contribution in [3.63, 3.8) is 0 Å². The van der Waals surface area contributed by atoms with Gasteiger partial charge in [0.1, 0.15) is 11.9 Å². The Balaban J connectivity index is 1.44. The molecule has 2 unspecified atom stereocenters. The summed E-state index contributed by atoms with van der Waals surface area (Å²) in [5, 5.41) is 0. The van der Waals surface area contributed by atoms with Gasteiger partial charge < -0.3 is 9.53 Å². The minimum atomic E-state index is 0.322. The van der Waals surface area contributed by atoms with E-state index in [9.17, 15) is 4.79 Å². The Kier molecular flexibility index (Phi) is 6.25.